The molecule has 1 aromatic carbocycles. The van der Waals surface area contributed by atoms with Crippen LogP contribution >= 0.6 is 11.8 Å². The van der Waals surface area contributed by atoms with Crippen LogP contribution in [0, 0.1) is 12.8 Å². The first-order valence-electron chi connectivity index (χ1n) is 5.60. The molecule has 16 heavy (non-hydrogen) atoms. The van der Waals surface area contributed by atoms with Crippen molar-refractivity contribution in [3.05, 3.63) is 29.8 Å². The molecule has 2 nitrogen and oxygen atoms in total. The number of aryl methyl sites for hydroxylation is 1. The van der Waals surface area contributed by atoms with Crippen molar-refractivity contribution < 1.29 is 9.84 Å². The van der Waals surface area contributed by atoms with Gasteiger partial charge in [-0.3, -0.25) is 0 Å². The Labute approximate surface area is 102 Å². The van der Waals surface area contributed by atoms with Gasteiger partial charge in [-0.2, -0.15) is 11.8 Å². The van der Waals surface area contributed by atoms with Gasteiger partial charge in [-0.25, -0.2) is 0 Å². The molecule has 90 valence electrons. The van der Waals surface area contributed by atoms with Gasteiger partial charge in [0, 0.05) is 12.4 Å². The van der Waals surface area contributed by atoms with Crippen LogP contribution in [0.15, 0.2) is 24.3 Å². The highest BCUT2D eigenvalue weighted by molar-refractivity contribution is 7.99. The Kier molecular flexibility index (Phi) is 6.34. The van der Waals surface area contributed by atoms with Crippen molar-refractivity contribution in [3.8, 4) is 5.75 Å². The van der Waals surface area contributed by atoms with E-state index in [0.717, 1.165) is 23.9 Å². The fraction of sp³-hybridized carbons (Fsp3) is 0.538. The summed E-state index contributed by atoms with van der Waals surface area (Å²) in [6, 6.07) is 8.09. The average molecular weight is 240 g/mol. The van der Waals surface area contributed by atoms with E-state index in [1.807, 2.05) is 30.0 Å². The average Bonchev–Trinajstić information content (AvgIpc) is 2.28. The van der Waals surface area contributed by atoms with Gasteiger partial charge in [-0.15, -0.1) is 0 Å². The van der Waals surface area contributed by atoms with Crippen LogP contribution in [0.2, 0.25) is 0 Å². The fourth-order valence-electron chi connectivity index (χ4n) is 1.26. The molecule has 0 saturated carbocycles. The molecule has 1 atom stereocenters. The molecule has 0 spiro atoms. The monoisotopic (exact) mass is 240 g/mol. The molecule has 1 N–H and O–H groups in total. The van der Waals surface area contributed by atoms with Gasteiger partial charge in [0.05, 0.1) is 6.61 Å². The minimum atomic E-state index is 0.270. The highest BCUT2D eigenvalue weighted by Gasteiger charge is 1.99. The Balaban J connectivity index is 2.12. The van der Waals surface area contributed by atoms with Crippen molar-refractivity contribution in [2.45, 2.75) is 13.8 Å². The van der Waals surface area contributed by atoms with Crippen LogP contribution in [0.3, 0.4) is 0 Å². The number of aliphatic hydroxyl groups is 1. The van der Waals surface area contributed by atoms with Crippen molar-refractivity contribution >= 4 is 11.8 Å². The van der Waals surface area contributed by atoms with Crippen LogP contribution in [0.5, 0.6) is 5.75 Å². The fourth-order valence-corrected chi connectivity index (χ4v) is 2.14. The third-order valence-corrected chi connectivity index (χ3v) is 3.46. The maximum Gasteiger partial charge on any atom is 0.119 e. The minimum Gasteiger partial charge on any atom is -0.493 e. The first-order valence-corrected chi connectivity index (χ1v) is 6.76. The summed E-state index contributed by atoms with van der Waals surface area (Å²) in [7, 11) is 0. The van der Waals surface area contributed by atoms with Gasteiger partial charge in [0.1, 0.15) is 5.75 Å². The number of aliphatic hydroxyl groups excluding tert-OH is 1. The lowest BCUT2D eigenvalue weighted by molar-refractivity contribution is 0.250. The third-order valence-electron chi connectivity index (χ3n) is 2.20. The number of hydrogen-bond acceptors (Lipinski definition) is 3. The number of hydrogen-bond donors (Lipinski definition) is 1. The molecule has 0 saturated heterocycles. The van der Waals surface area contributed by atoms with Gasteiger partial charge in [-0.1, -0.05) is 19.1 Å². The molecule has 1 aromatic rings. The van der Waals surface area contributed by atoms with Crippen LogP contribution in [0.1, 0.15) is 12.5 Å². The number of benzene rings is 1. The summed E-state index contributed by atoms with van der Waals surface area (Å²) in [6.07, 6.45) is 0. The third kappa shape index (κ3) is 5.42. The normalized spacial score (nSPS) is 12.4. The SMILES string of the molecule is Cc1cccc(OCCSCC(C)CO)c1. The van der Waals surface area contributed by atoms with E-state index in [1.165, 1.54) is 5.56 Å². The zero-order valence-electron chi connectivity index (χ0n) is 9.98. The smallest absolute Gasteiger partial charge is 0.119 e. The van der Waals surface area contributed by atoms with Crippen LogP contribution in [0.25, 0.3) is 0 Å². The minimum absolute atomic E-state index is 0.270. The quantitative estimate of drug-likeness (QED) is 0.743. The Hall–Kier alpha value is -0.670. The largest absolute Gasteiger partial charge is 0.493 e. The lowest BCUT2D eigenvalue weighted by Crippen LogP contribution is -2.06. The molecule has 1 rings (SSSR count). The Bertz CT molecular complexity index is 302. The van der Waals surface area contributed by atoms with Crippen molar-refractivity contribution in [1.29, 1.82) is 0 Å². The van der Waals surface area contributed by atoms with E-state index in [2.05, 4.69) is 19.9 Å². The lowest BCUT2D eigenvalue weighted by Gasteiger charge is -2.08. The molecule has 3 heteroatoms. The van der Waals surface area contributed by atoms with E-state index in [0.29, 0.717) is 5.92 Å². The summed E-state index contributed by atoms with van der Waals surface area (Å²) >= 11 is 1.82. The number of ether oxygens (including phenoxy) is 1. The molecule has 0 radical (unpaired) electrons. The molecule has 0 fully saturated rings. The number of rotatable bonds is 7. The van der Waals surface area contributed by atoms with Gasteiger partial charge < -0.3 is 9.84 Å². The predicted molar refractivity (Wildman–Crippen MR) is 70.2 cm³/mol. The van der Waals surface area contributed by atoms with Gasteiger partial charge in [-0.05, 0) is 36.3 Å². The molecule has 0 aromatic heterocycles. The Morgan fingerprint density at radius 2 is 2.25 bits per heavy atom. The lowest BCUT2D eigenvalue weighted by atomic mass is 10.2. The summed E-state index contributed by atoms with van der Waals surface area (Å²) in [5.74, 6) is 3.28. The zero-order valence-corrected chi connectivity index (χ0v) is 10.8. The maximum atomic E-state index is 8.86. The van der Waals surface area contributed by atoms with Crippen molar-refractivity contribution in [2.24, 2.45) is 5.92 Å². The van der Waals surface area contributed by atoms with Crippen molar-refractivity contribution in [2.75, 3.05) is 24.7 Å². The van der Waals surface area contributed by atoms with Crippen LogP contribution in [-0.2, 0) is 0 Å². The molecule has 1 unspecified atom stereocenters. The highest BCUT2D eigenvalue weighted by Crippen LogP contribution is 2.13. The second kappa shape index (κ2) is 7.58. The van der Waals surface area contributed by atoms with E-state index < -0.39 is 0 Å². The summed E-state index contributed by atoms with van der Waals surface area (Å²) in [6.45, 7) is 5.11. The zero-order chi connectivity index (χ0) is 11.8. The molecular weight excluding hydrogens is 220 g/mol. The molecule has 0 aliphatic carbocycles. The second-order valence-electron chi connectivity index (χ2n) is 4.03. The van der Waals surface area contributed by atoms with E-state index in [-0.39, 0.29) is 6.61 Å². The first-order chi connectivity index (χ1) is 7.72. The number of thioether (sulfide) groups is 1. The maximum absolute atomic E-state index is 8.86. The topological polar surface area (TPSA) is 29.5 Å². The molecular formula is C13H20O2S. The van der Waals surface area contributed by atoms with E-state index in [1.54, 1.807) is 0 Å². The van der Waals surface area contributed by atoms with E-state index >= 15 is 0 Å². The van der Waals surface area contributed by atoms with E-state index in [4.69, 9.17) is 9.84 Å². The van der Waals surface area contributed by atoms with Crippen LogP contribution < -0.4 is 4.74 Å². The molecule has 0 heterocycles. The second-order valence-corrected chi connectivity index (χ2v) is 5.18. The molecule has 0 aliphatic heterocycles. The predicted octanol–water partition coefficient (Wildman–Crippen LogP) is 2.74. The van der Waals surface area contributed by atoms with Crippen LogP contribution in [-0.4, -0.2) is 29.8 Å². The molecule has 0 bridgehead atoms. The van der Waals surface area contributed by atoms with Crippen molar-refractivity contribution in [1.82, 2.24) is 0 Å². The first kappa shape index (κ1) is 13.4. The van der Waals surface area contributed by atoms with Gasteiger partial charge >= 0.3 is 0 Å². The van der Waals surface area contributed by atoms with Crippen LogP contribution in [0.4, 0.5) is 0 Å². The molecule has 0 aliphatic rings. The van der Waals surface area contributed by atoms with Crippen molar-refractivity contribution in [3.63, 3.8) is 0 Å². The standard InChI is InChI=1S/C13H20O2S/c1-11-4-3-5-13(8-11)15-6-7-16-10-12(2)9-14/h3-5,8,12,14H,6-7,9-10H2,1-2H3. The van der Waals surface area contributed by atoms with E-state index in [9.17, 15) is 0 Å². The molecule has 0 amide bonds. The van der Waals surface area contributed by atoms with Gasteiger partial charge in [0.15, 0.2) is 0 Å². The van der Waals surface area contributed by atoms with Gasteiger partial charge in [0.2, 0.25) is 0 Å². The Morgan fingerprint density at radius 3 is 2.94 bits per heavy atom. The summed E-state index contributed by atoms with van der Waals surface area (Å²) in [4.78, 5) is 0. The Morgan fingerprint density at radius 1 is 1.44 bits per heavy atom. The van der Waals surface area contributed by atoms with Gasteiger partial charge in [0.25, 0.3) is 0 Å². The summed E-state index contributed by atoms with van der Waals surface area (Å²) < 4.78 is 5.62. The highest BCUT2D eigenvalue weighted by atomic mass is 32.2. The summed E-state index contributed by atoms with van der Waals surface area (Å²) in [5, 5.41) is 8.86. The summed E-state index contributed by atoms with van der Waals surface area (Å²) in [5.41, 5.74) is 1.22.